The lowest BCUT2D eigenvalue weighted by Gasteiger charge is -2.19. The van der Waals surface area contributed by atoms with Crippen LogP contribution in [0.5, 0.6) is 0 Å². The second-order valence-electron chi connectivity index (χ2n) is 4.33. The van der Waals surface area contributed by atoms with Crippen molar-refractivity contribution in [3.05, 3.63) is 22.4 Å². The van der Waals surface area contributed by atoms with E-state index in [2.05, 4.69) is 10.6 Å². The third kappa shape index (κ3) is 5.40. The first kappa shape index (κ1) is 15.7. The summed E-state index contributed by atoms with van der Waals surface area (Å²) in [4.78, 5) is 24.0. The lowest BCUT2D eigenvalue weighted by atomic mass is 10.1. The highest BCUT2D eigenvalue weighted by atomic mass is 32.1. The van der Waals surface area contributed by atoms with Gasteiger partial charge in [-0.3, -0.25) is 9.59 Å². The number of hydrogen-bond donors (Lipinski definition) is 3. The fourth-order valence-electron chi connectivity index (χ4n) is 1.71. The number of aliphatic hydroxyl groups excluding tert-OH is 1. The fraction of sp³-hybridized carbons (Fsp3) is 0.538. The summed E-state index contributed by atoms with van der Waals surface area (Å²) in [6.45, 7) is 3.25. The van der Waals surface area contributed by atoms with Crippen LogP contribution >= 0.6 is 11.3 Å². The molecule has 106 valence electrons. The summed E-state index contributed by atoms with van der Waals surface area (Å²) >= 11 is 1.50. The summed E-state index contributed by atoms with van der Waals surface area (Å²) in [6, 6.07) is 3.24. The van der Waals surface area contributed by atoms with Crippen LogP contribution < -0.4 is 10.6 Å². The number of carbonyl (C=O) groups is 2. The van der Waals surface area contributed by atoms with Crippen LogP contribution in [0.2, 0.25) is 0 Å². The highest BCUT2D eigenvalue weighted by Crippen LogP contribution is 2.22. The molecule has 2 atom stereocenters. The zero-order valence-corrected chi connectivity index (χ0v) is 12.0. The summed E-state index contributed by atoms with van der Waals surface area (Å²) in [5.41, 5.74) is 0. The van der Waals surface area contributed by atoms with Crippen molar-refractivity contribution in [2.24, 2.45) is 0 Å². The van der Waals surface area contributed by atoms with E-state index in [1.807, 2.05) is 24.4 Å². The number of nitrogens with one attached hydrogen (secondary N) is 2. The van der Waals surface area contributed by atoms with Gasteiger partial charge in [-0.05, 0) is 17.9 Å². The Morgan fingerprint density at radius 2 is 2.16 bits per heavy atom. The van der Waals surface area contributed by atoms with Crippen LogP contribution in [0.25, 0.3) is 0 Å². The van der Waals surface area contributed by atoms with E-state index < -0.39 is 0 Å². The van der Waals surface area contributed by atoms with Crippen molar-refractivity contribution in [3.8, 4) is 0 Å². The summed E-state index contributed by atoms with van der Waals surface area (Å²) in [7, 11) is 0. The Morgan fingerprint density at radius 1 is 1.42 bits per heavy atom. The van der Waals surface area contributed by atoms with Gasteiger partial charge in [0.2, 0.25) is 11.8 Å². The van der Waals surface area contributed by atoms with Crippen molar-refractivity contribution in [2.45, 2.75) is 38.8 Å². The molecule has 1 rings (SSSR count). The van der Waals surface area contributed by atoms with Gasteiger partial charge in [-0.2, -0.15) is 0 Å². The number of aliphatic hydroxyl groups is 1. The first-order valence-electron chi connectivity index (χ1n) is 6.27. The number of hydrogen-bond acceptors (Lipinski definition) is 4. The molecule has 5 nitrogen and oxygen atoms in total. The first-order valence-corrected chi connectivity index (χ1v) is 7.15. The predicted molar refractivity (Wildman–Crippen MR) is 74.8 cm³/mol. The molecule has 0 bridgehead atoms. The van der Waals surface area contributed by atoms with E-state index in [-0.39, 0.29) is 36.9 Å². The van der Waals surface area contributed by atoms with E-state index in [1.165, 1.54) is 18.3 Å². The van der Waals surface area contributed by atoms with Crippen molar-refractivity contribution in [3.63, 3.8) is 0 Å². The van der Waals surface area contributed by atoms with Gasteiger partial charge >= 0.3 is 0 Å². The molecule has 0 radical (unpaired) electrons. The van der Waals surface area contributed by atoms with Gasteiger partial charge in [-0.25, -0.2) is 0 Å². The van der Waals surface area contributed by atoms with E-state index in [4.69, 9.17) is 5.11 Å². The van der Waals surface area contributed by atoms with Crippen LogP contribution in [0.1, 0.15) is 37.6 Å². The Labute approximate surface area is 117 Å². The van der Waals surface area contributed by atoms with Crippen LogP contribution in [-0.2, 0) is 9.59 Å². The molecular formula is C13H20N2O3S. The quantitative estimate of drug-likeness (QED) is 0.704. The minimum atomic E-state index is -0.311. The van der Waals surface area contributed by atoms with Gasteiger partial charge in [-0.1, -0.05) is 13.0 Å². The van der Waals surface area contributed by atoms with Crippen molar-refractivity contribution < 1.29 is 14.7 Å². The third-order valence-electron chi connectivity index (χ3n) is 2.73. The standard InChI is InChI=1S/C13H20N2O3S/c1-3-10(8-16)15-13(18)7-11(14-9(2)17)12-5-4-6-19-12/h4-6,10-11,16H,3,7-8H2,1-2H3,(H,14,17)(H,15,18)/t10-,11?/m0/s1. The first-order chi connectivity index (χ1) is 9.06. The summed E-state index contributed by atoms with van der Waals surface area (Å²) in [6.07, 6.45) is 0.850. The van der Waals surface area contributed by atoms with Gasteiger partial charge in [0.1, 0.15) is 0 Å². The van der Waals surface area contributed by atoms with Gasteiger partial charge in [0.15, 0.2) is 0 Å². The SMILES string of the molecule is CC[C@@H](CO)NC(=O)CC(NC(C)=O)c1cccs1. The van der Waals surface area contributed by atoms with Crippen LogP contribution in [0, 0.1) is 0 Å². The van der Waals surface area contributed by atoms with Crippen LogP contribution in [-0.4, -0.2) is 29.6 Å². The number of thiophene rings is 1. The number of amides is 2. The zero-order chi connectivity index (χ0) is 14.3. The molecule has 2 amide bonds. The molecule has 0 spiro atoms. The molecule has 0 aliphatic carbocycles. The van der Waals surface area contributed by atoms with Gasteiger partial charge < -0.3 is 15.7 Å². The summed E-state index contributed by atoms with van der Waals surface area (Å²) < 4.78 is 0. The molecular weight excluding hydrogens is 264 g/mol. The Bertz CT molecular complexity index is 402. The lowest BCUT2D eigenvalue weighted by molar-refractivity contribution is -0.123. The maximum absolute atomic E-state index is 11.9. The van der Waals surface area contributed by atoms with E-state index in [0.29, 0.717) is 6.42 Å². The van der Waals surface area contributed by atoms with E-state index >= 15 is 0 Å². The lowest BCUT2D eigenvalue weighted by Crippen LogP contribution is -2.39. The number of rotatable bonds is 7. The predicted octanol–water partition coefficient (Wildman–Crippen LogP) is 1.20. The van der Waals surface area contributed by atoms with Crippen molar-refractivity contribution in [1.82, 2.24) is 10.6 Å². The van der Waals surface area contributed by atoms with E-state index in [9.17, 15) is 9.59 Å². The third-order valence-corrected chi connectivity index (χ3v) is 3.72. The fourth-order valence-corrected chi connectivity index (χ4v) is 2.48. The van der Waals surface area contributed by atoms with Crippen LogP contribution in [0.15, 0.2) is 17.5 Å². The van der Waals surface area contributed by atoms with E-state index in [1.54, 1.807) is 0 Å². The maximum atomic E-state index is 11.9. The van der Waals surface area contributed by atoms with Crippen molar-refractivity contribution in [2.75, 3.05) is 6.61 Å². The Hall–Kier alpha value is -1.40. The molecule has 0 aromatic carbocycles. The van der Waals surface area contributed by atoms with Crippen molar-refractivity contribution >= 4 is 23.2 Å². The molecule has 0 aliphatic rings. The second kappa shape index (κ2) is 7.91. The normalized spacial score (nSPS) is 13.6. The molecule has 1 heterocycles. The molecule has 1 aromatic heterocycles. The van der Waals surface area contributed by atoms with E-state index in [0.717, 1.165) is 4.88 Å². The Morgan fingerprint density at radius 3 is 2.63 bits per heavy atom. The molecule has 19 heavy (non-hydrogen) atoms. The average molecular weight is 284 g/mol. The molecule has 0 fully saturated rings. The highest BCUT2D eigenvalue weighted by molar-refractivity contribution is 7.10. The van der Waals surface area contributed by atoms with Gasteiger partial charge in [0, 0.05) is 11.8 Å². The Balaban J connectivity index is 2.62. The van der Waals surface area contributed by atoms with Crippen molar-refractivity contribution in [1.29, 1.82) is 0 Å². The van der Waals surface area contributed by atoms with Gasteiger partial charge in [0.25, 0.3) is 0 Å². The Kier molecular flexibility index (Phi) is 6.52. The molecule has 0 saturated carbocycles. The monoisotopic (exact) mass is 284 g/mol. The van der Waals surface area contributed by atoms with Crippen LogP contribution in [0.4, 0.5) is 0 Å². The largest absolute Gasteiger partial charge is 0.394 e. The zero-order valence-electron chi connectivity index (χ0n) is 11.2. The minimum absolute atomic E-state index is 0.0773. The molecule has 1 unspecified atom stereocenters. The smallest absolute Gasteiger partial charge is 0.222 e. The molecule has 0 aliphatic heterocycles. The van der Waals surface area contributed by atoms with Gasteiger partial charge in [-0.15, -0.1) is 11.3 Å². The molecule has 1 aromatic rings. The molecule has 3 N–H and O–H groups in total. The minimum Gasteiger partial charge on any atom is -0.394 e. The second-order valence-corrected chi connectivity index (χ2v) is 5.31. The molecule has 0 saturated heterocycles. The average Bonchev–Trinajstić information content (AvgIpc) is 2.88. The van der Waals surface area contributed by atoms with Crippen LogP contribution in [0.3, 0.4) is 0 Å². The highest BCUT2D eigenvalue weighted by Gasteiger charge is 2.19. The number of carbonyl (C=O) groups excluding carboxylic acids is 2. The van der Waals surface area contributed by atoms with Gasteiger partial charge in [0.05, 0.1) is 25.1 Å². The summed E-state index contributed by atoms with van der Waals surface area (Å²) in [5.74, 6) is -0.339. The maximum Gasteiger partial charge on any atom is 0.222 e. The topological polar surface area (TPSA) is 78.4 Å². The summed E-state index contributed by atoms with van der Waals surface area (Å²) in [5, 5.41) is 16.5. The molecule has 6 heteroatoms.